The number of anilines is 1. The van der Waals surface area contributed by atoms with Crippen LogP contribution in [0.15, 0.2) is 29.3 Å². The van der Waals surface area contributed by atoms with Gasteiger partial charge in [0.2, 0.25) is 5.91 Å². The fourth-order valence-corrected chi connectivity index (χ4v) is 5.17. The van der Waals surface area contributed by atoms with Gasteiger partial charge in [-0.2, -0.15) is 0 Å². The topological polar surface area (TPSA) is 83.3 Å². The number of H-pyrrole nitrogens is 1. The maximum atomic E-state index is 11.2. The van der Waals surface area contributed by atoms with E-state index in [2.05, 4.69) is 41.5 Å². The lowest BCUT2D eigenvalue weighted by molar-refractivity contribution is -0.118. The Morgan fingerprint density at radius 1 is 1.42 bits per heavy atom. The molecule has 1 aromatic carbocycles. The number of nitrogens with two attached hydrogens (primary N) is 1. The zero-order chi connectivity index (χ0) is 18.1. The quantitative estimate of drug-likeness (QED) is 0.721. The number of fused-ring (bicyclic) bond motifs is 1. The lowest BCUT2D eigenvalue weighted by Crippen LogP contribution is -2.23. The number of benzene rings is 1. The number of hydrogen-bond acceptors (Lipinski definition) is 4. The molecule has 2 unspecified atom stereocenters. The second-order valence-corrected chi connectivity index (χ2v) is 8.55. The molecule has 0 saturated heterocycles. The van der Waals surface area contributed by atoms with E-state index in [1.807, 2.05) is 0 Å². The summed E-state index contributed by atoms with van der Waals surface area (Å²) in [6.45, 7) is 2.05. The van der Waals surface area contributed by atoms with Crippen LogP contribution in [-0.2, 0) is 4.79 Å². The third kappa shape index (κ3) is 3.61. The average Bonchev–Trinajstić information content (AvgIpc) is 3.34. The van der Waals surface area contributed by atoms with Gasteiger partial charge in [-0.15, -0.1) is 11.8 Å². The average molecular weight is 371 g/mol. The molecule has 1 saturated carbocycles. The van der Waals surface area contributed by atoms with E-state index in [0.717, 1.165) is 22.0 Å². The molecule has 1 aliphatic carbocycles. The SMILES string of the molecule is CC(CC(N)=O)C1CSC(c2cc3cccc(NC4CCCC4)c3[nH]2)=N1. The molecule has 1 fully saturated rings. The van der Waals surface area contributed by atoms with Gasteiger partial charge in [0.15, 0.2) is 0 Å². The molecule has 0 radical (unpaired) electrons. The predicted molar refractivity (Wildman–Crippen MR) is 110 cm³/mol. The molecular weight excluding hydrogens is 344 g/mol. The first-order valence-corrected chi connectivity index (χ1v) is 10.5. The van der Waals surface area contributed by atoms with Gasteiger partial charge in [-0.05, 0) is 30.9 Å². The van der Waals surface area contributed by atoms with Crippen LogP contribution in [0.3, 0.4) is 0 Å². The van der Waals surface area contributed by atoms with Crippen molar-refractivity contribution in [3.8, 4) is 0 Å². The van der Waals surface area contributed by atoms with Crippen molar-refractivity contribution >= 4 is 39.3 Å². The monoisotopic (exact) mass is 370 g/mol. The van der Waals surface area contributed by atoms with Gasteiger partial charge in [0.05, 0.1) is 22.9 Å². The number of nitrogens with one attached hydrogen (secondary N) is 2. The van der Waals surface area contributed by atoms with Crippen LogP contribution in [0.4, 0.5) is 5.69 Å². The summed E-state index contributed by atoms with van der Waals surface area (Å²) in [6.07, 6.45) is 5.55. The van der Waals surface area contributed by atoms with Gasteiger partial charge in [0.1, 0.15) is 5.04 Å². The molecule has 4 N–H and O–H groups in total. The number of thioether (sulfide) groups is 1. The third-order valence-corrected chi connectivity index (χ3v) is 6.56. The molecule has 0 spiro atoms. The number of aromatic amines is 1. The zero-order valence-electron chi connectivity index (χ0n) is 15.1. The summed E-state index contributed by atoms with van der Waals surface area (Å²) in [5, 5.41) is 5.95. The van der Waals surface area contributed by atoms with Gasteiger partial charge in [0.25, 0.3) is 0 Å². The van der Waals surface area contributed by atoms with Crippen molar-refractivity contribution in [2.75, 3.05) is 11.1 Å². The molecule has 2 heterocycles. The van der Waals surface area contributed by atoms with Crippen molar-refractivity contribution in [3.05, 3.63) is 30.0 Å². The van der Waals surface area contributed by atoms with E-state index in [4.69, 9.17) is 10.7 Å². The summed E-state index contributed by atoms with van der Waals surface area (Å²) >= 11 is 1.76. The van der Waals surface area contributed by atoms with Gasteiger partial charge < -0.3 is 16.0 Å². The second-order valence-electron chi connectivity index (χ2n) is 7.54. The Morgan fingerprint density at radius 3 is 3.00 bits per heavy atom. The largest absolute Gasteiger partial charge is 0.381 e. The van der Waals surface area contributed by atoms with E-state index in [9.17, 15) is 4.79 Å². The highest BCUT2D eigenvalue weighted by atomic mass is 32.2. The Hall–Kier alpha value is -1.95. The fourth-order valence-electron chi connectivity index (χ4n) is 3.96. The van der Waals surface area contributed by atoms with Crippen LogP contribution in [0.5, 0.6) is 0 Å². The summed E-state index contributed by atoms with van der Waals surface area (Å²) in [4.78, 5) is 19.6. The molecule has 6 heteroatoms. The normalized spacial score (nSPS) is 21.9. The first kappa shape index (κ1) is 17.5. The minimum Gasteiger partial charge on any atom is -0.381 e. The van der Waals surface area contributed by atoms with Crippen molar-refractivity contribution in [1.29, 1.82) is 0 Å². The van der Waals surface area contributed by atoms with Crippen molar-refractivity contribution in [3.63, 3.8) is 0 Å². The molecular formula is C20H26N4OS. The molecule has 1 aromatic heterocycles. The molecule has 5 nitrogen and oxygen atoms in total. The molecule has 138 valence electrons. The van der Waals surface area contributed by atoms with Crippen LogP contribution in [0.2, 0.25) is 0 Å². The van der Waals surface area contributed by atoms with Crippen LogP contribution in [0, 0.1) is 5.92 Å². The first-order chi connectivity index (χ1) is 12.6. The summed E-state index contributed by atoms with van der Waals surface area (Å²) in [5.74, 6) is 0.840. The van der Waals surface area contributed by atoms with E-state index in [0.29, 0.717) is 12.5 Å². The van der Waals surface area contributed by atoms with Crippen LogP contribution < -0.4 is 11.1 Å². The number of carbonyl (C=O) groups is 1. The van der Waals surface area contributed by atoms with Gasteiger partial charge in [-0.3, -0.25) is 9.79 Å². The number of primary amides is 1. The first-order valence-electron chi connectivity index (χ1n) is 9.47. The molecule has 4 rings (SSSR count). The second kappa shape index (κ2) is 7.35. The van der Waals surface area contributed by atoms with Crippen molar-refractivity contribution < 1.29 is 4.79 Å². The Kier molecular flexibility index (Phi) is 4.94. The van der Waals surface area contributed by atoms with E-state index >= 15 is 0 Å². The van der Waals surface area contributed by atoms with Crippen molar-refractivity contribution in [2.24, 2.45) is 16.6 Å². The Labute approximate surface area is 158 Å². The van der Waals surface area contributed by atoms with Crippen molar-refractivity contribution in [1.82, 2.24) is 4.98 Å². The minimum absolute atomic E-state index is 0.157. The summed E-state index contributed by atoms with van der Waals surface area (Å²) < 4.78 is 0. The number of aromatic nitrogens is 1. The fraction of sp³-hybridized carbons (Fsp3) is 0.500. The molecule has 2 aliphatic rings. The van der Waals surface area contributed by atoms with E-state index < -0.39 is 0 Å². The maximum absolute atomic E-state index is 11.2. The van der Waals surface area contributed by atoms with E-state index in [1.165, 1.54) is 36.8 Å². The number of hydrogen-bond donors (Lipinski definition) is 3. The third-order valence-electron chi connectivity index (χ3n) is 5.46. The predicted octanol–water partition coefficient (Wildman–Crippen LogP) is 3.90. The van der Waals surface area contributed by atoms with Gasteiger partial charge in [-0.25, -0.2) is 0 Å². The number of amides is 1. The molecule has 1 amide bonds. The number of aliphatic imine (C=N–C) groups is 1. The van der Waals surface area contributed by atoms with Gasteiger partial charge in [0, 0.05) is 23.6 Å². The lowest BCUT2D eigenvalue weighted by Gasteiger charge is -2.14. The highest BCUT2D eigenvalue weighted by Crippen LogP contribution is 2.32. The number of nitrogens with zero attached hydrogens (tertiary/aromatic N) is 1. The minimum atomic E-state index is -0.251. The summed E-state index contributed by atoms with van der Waals surface area (Å²) in [6, 6.07) is 9.33. The Morgan fingerprint density at radius 2 is 2.23 bits per heavy atom. The lowest BCUT2D eigenvalue weighted by atomic mass is 10.00. The maximum Gasteiger partial charge on any atom is 0.217 e. The number of carbonyl (C=O) groups excluding carboxylic acids is 1. The van der Waals surface area contributed by atoms with Crippen molar-refractivity contribution in [2.45, 2.75) is 51.1 Å². The highest BCUT2D eigenvalue weighted by molar-refractivity contribution is 8.14. The highest BCUT2D eigenvalue weighted by Gasteiger charge is 2.26. The standard InChI is InChI=1S/C20H26N4OS/c1-12(9-18(21)25)17-11-26-20(24-17)16-10-13-5-4-8-15(19(13)23-16)22-14-6-2-3-7-14/h4-5,8,10,12,14,17,22-23H,2-3,6-7,9,11H2,1H3,(H2,21,25). The molecule has 0 bridgehead atoms. The molecule has 26 heavy (non-hydrogen) atoms. The summed E-state index contributed by atoms with van der Waals surface area (Å²) in [5.41, 5.74) is 8.74. The zero-order valence-corrected chi connectivity index (χ0v) is 15.9. The Balaban J connectivity index is 1.56. The Bertz CT molecular complexity index is 837. The molecule has 1 aliphatic heterocycles. The number of para-hydroxylation sites is 1. The van der Waals surface area contributed by atoms with E-state index in [1.54, 1.807) is 11.8 Å². The van der Waals surface area contributed by atoms with Crippen LogP contribution in [0.1, 0.15) is 44.7 Å². The molecule has 2 aromatic rings. The van der Waals surface area contributed by atoms with Crippen LogP contribution >= 0.6 is 11.8 Å². The van der Waals surface area contributed by atoms with Gasteiger partial charge >= 0.3 is 0 Å². The summed E-state index contributed by atoms with van der Waals surface area (Å²) in [7, 11) is 0. The smallest absolute Gasteiger partial charge is 0.217 e. The van der Waals surface area contributed by atoms with E-state index in [-0.39, 0.29) is 17.9 Å². The van der Waals surface area contributed by atoms with Crippen LogP contribution in [0.25, 0.3) is 10.9 Å². The molecule has 2 atom stereocenters. The van der Waals surface area contributed by atoms with Crippen LogP contribution in [-0.4, -0.2) is 33.8 Å². The van der Waals surface area contributed by atoms with Gasteiger partial charge in [-0.1, -0.05) is 31.9 Å². The number of rotatable bonds is 6.